The minimum Gasteiger partial charge on any atom is -0.479 e. The van der Waals surface area contributed by atoms with Gasteiger partial charge in [0.15, 0.2) is 18.3 Å². The molecule has 0 saturated carbocycles. The molecule has 0 bridgehead atoms. The third kappa shape index (κ3) is 11.4. The van der Waals surface area contributed by atoms with Crippen molar-refractivity contribution in [1.82, 2.24) is 5.32 Å². The smallest absolute Gasteiger partial charge is 0.479 e. The number of carbonyl (C=O) groups is 7. The highest BCUT2D eigenvalue weighted by Crippen LogP contribution is 2.44. The molecule has 1 heterocycles. The normalized spacial score (nSPS) is 18.3. The summed E-state index contributed by atoms with van der Waals surface area (Å²) in [5.41, 5.74) is 3.51. The van der Waals surface area contributed by atoms with Gasteiger partial charge in [-0.25, -0.2) is 27.6 Å². The van der Waals surface area contributed by atoms with Gasteiger partial charge >= 0.3 is 36.1 Å². The van der Waals surface area contributed by atoms with Crippen molar-refractivity contribution in [3.05, 3.63) is 113 Å². The Balaban J connectivity index is 1.20. The van der Waals surface area contributed by atoms with E-state index in [2.05, 4.69) is 15.4 Å². The summed E-state index contributed by atoms with van der Waals surface area (Å²) in [5.74, 6) is -20.5. The van der Waals surface area contributed by atoms with Crippen LogP contribution in [-0.2, 0) is 59.0 Å². The largest absolute Gasteiger partial charge is 0.514 e. The minimum absolute atomic E-state index is 0.0308. The van der Waals surface area contributed by atoms with Gasteiger partial charge in [0.25, 0.3) is 0 Å². The summed E-state index contributed by atoms with van der Waals surface area (Å²) in [6, 6.07) is 18.6. The van der Waals surface area contributed by atoms with Gasteiger partial charge in [0, 0.05) is 39.7 Å². The number of amides is 2. The Morgan fingerprint density at radius 3 is 1.82 bits per heavy atom. The van der Waals surface area contributed by atoms with Crippen LogP contribution in [0.1, 0.15) is 49.8 Å². The number of carboxylic acids is 1. The lowest BCUT2D eigenvalue weighted by molar-refractivity contribution is -0.281. The van der Waals surface area contributed by atoms with Gasteiger partial charge in [-0.2, -0.15) is 8.78 Å². The van der Waals surface area contributed by atoms with Crippen LogP contribution < -0.4 is 20.1 Å². The number of anilines is 1. The number of hydrogen-bond donors (Lipinski definition) is 3. The van der Waals surface area contributed by atoms with Gasteiger partial charge in [-0.3, -0.25) is 19.2 Å². The van der Waals surface area contributed by atoms with Crippen molar-refractivity contribution in [1.29, 1.82) is 0 Å². The van der Waals surface area contributed by atoms with Crippen LogP contribution in [0.2, 0.25) is 0 Å². The van der Waals surface area contributed by atoms with Crippen molar-refractivity contribution in [2.45, 2.75) is 70.4 Å². The number of carbonyl (C=O) groups excluding carboxylic acids is 6. The molecule has 6 rings (SSSR count). The molecule has 1 aliphatic heterocycles. The van der Waals surface area contributed by atoms with Crippen LogP contribution >= 0.6 is 0 Å². The SMILES string of the molecule is CC(=O)O[C@@H]1[C@@H](OC(C)=O)[C@H](Oc2ccc(COC(=O)Oc3c(F)c(F)c(F)c(F)c3F)cc2NC(=O)CCNC(=O)OCC2c3ccccc3-c3ccccc32)O[C@H](C(=O)O)[C@H]1OC(C)=O. The summed E-state index contributed by atoms with van der Waals surface area (Å²) >= 11 is 0. The number of aliphatic carboxylic acids is 1. The highest BCUT2D eigenvalue weighted by Gasteiger charge is 2.55. The standard InChI is InChI=1S/C44H37F5N2O16/c1-19(52)62-37-38(63-20(2)53)40(64-21(3)54)42(66-39(37)41(56)57)65-29-13-12-22(17-61-44(59)67-36-34(48)32(46)31(45)33(47)35(36)49)16-28(29)51-30(55)14-15-50-43(58)60-18-27-25-10-6-4-8-23(25)24-9-5-7-11-26(24)27/h4-13,16,27,37-40,42H,14-15,17-18H2,1-3H3,(H,50,58)(H,51,55)(H,56,57)/t37-,38-,39-,40+,42+/m0/s1. The molecule has 23 heteroatoms. The van der Waals surface area contributed by atoms with Gasteiger partial charge in [-0.05, 0) is 39.9 Å². The van der Waals surface area contributed by atoms with Crippen LogP contribution in [0.15, 0.2) is 66.7 Å². The zero-order valence-corrected chi connectivity index (χ0v) is 35.1. The average Bonchev–Trinajstić information content (AvgIpc) is 3.60. The number of fused-ring (bicyclic) bond motifs is 3. The summed E-state index contributed by atoms with van der Waals surface area (Å²) < 4.78 is 111. The second-order valence-electron chi connectivity index (χ2n) is 14.5. The van der Waals surface area contributed by atoms with Gasteiger partial charge in [-0.1, -0.05) is 54.6 Å². The molecule has 0 aromatic heterocycles. The van der Waals surface area contributed by atoms with Crippen molar-refractivity contribution in [3.63, 3.8) is 0 Å². The highest BCUT2D eigenvalue weighted by molar-refractivity contribution is 5.92. The quantitative estimate of drug-likeness (QED) is 0.0312. The molecule has 2 amide bonds. The Kier molecular flexibility index (Phi) is 15.2. The maximum atomic E-state index is 14.1. The Morgan fingerprint density at radius 1 is 0.687 bits per heavy atom. The molecule has 2 aliphatic rings. The van der Waals surface area contributed by atoms with Crippen molar-refractivity contribution in [3.8, 4) is 22.6 Å². The van der Waals surface area contributed by atoms with Gasteiger partial charge in [-0.15, -0.1) is 0 Å². The monoisotopic (exact) mass is 944 g/mol. The predicted molar refractivity (Wildman–Crippen MR) is 213 cm³/mol. The summed E-state index contributed by atoms with van der Waals surface area (Å²) in [5, 5.41) is 15.0. The second-order valence-corrected chi connectivity index (χ2v) is 14.5. The molecule has 1 fully saturated rings. The Hall–Kier alpha value is -7.82. The van der Waals surface area contributed by atoms with E-state index in [1.807, 2.05) is 48.5 Å². The van der Waals surface area contributed by atoms with Gasteiger partial charge in [0.1, 0.15) is 19.0 Å². The van der Waals surface area contributed by atoms with Crippen LogP contribution in [-0.4, -0.2) is 91.0 Å². The summed E-state index contributed by atoms with van der Waals surface area (Å²) in [6.45, 7) is 1.58. The Labute approximate surface area is 375 Å². The van der Waals surface area contributed by atoms with Crippen LogP contribution in [0.3, 0.4) is 0 Å². The number of alkyl carbamates (subject to hydrolysis) is 1. The maximum absolute atomic E-state index is 14.1. The number of ether oxygens (including phenoxy) is 8. The molecule has 4 aromatic carbocycles. The first-order chi connectivity index (χ1) is 31.8. The number of halogens is 5. The van der Waals surface area contributed by atoms with E-state index in [9.17, 15) is 60.6 Å². The molecule has 0 spiro atoms. The molecule has 354 valence electrons. The Bertz CT molecular complexity index is 2540. The van der Waals surface area contributed by atoms with Crippen molar-refractivity contribution in [2.24, 2.45) is 0 Å². The van der Waals surface area contributed by atoms with Crippen LogP contribution in [0.25, 0.3) is 11.1 Å². The Morgan fingerprint density at radius 2 is 1.24 bits per heavy atom. The first-order valence-electron chi connectivity index (χ1n) is 19.8. The molecule has 1 aliphatic carbocycles. The second kappa shape index (κ2) is 21.0. The minimum atomic E-state index is -2.51. The van der Waals surface area contributed by atoms with E-state index in [1.54, 1.807) is 0 Å². The van der Waals surface area contributed by atoms with Crippen LogP contribution in [0, 0.1) is 29.1 Å². The number of esters is 3. The zero-order chi connectivity index (χ0) is 48.7. The fourth-order valence-electron chi connectivity index (χ4n) is 7.13. The first-order valence-corrected chi connectivity index (χ1v) is 19.8. The van der Waals surface area contributed by atoms with E-state index in [-0.39, 0.29) is 30.3 Å². The van der Waals surface area contributed by atoms with E-state index in [0.29, 0.717) is 0 Å². The van der Waals surface area contributed by atoms with Crippen molar-refractivity contribution < 1.29 is 98.5 Å². The predicted octanol–water partition coefficient (Wildman–Crippen LogP) is 5.95. The molecule has 1 saturated heterocycles. The fraction of sp³-hybridized carbons (Fsp3) is 0.295. The molecular weight excluding hydrogens is 907 g/mol. The van der Waals surface area contributed by atoms with Crippen LogP contribution in [0.5, 0.6) is 11.5 Å². The summed E-state index contributed by atoms with van der Waals surface area (Å²) in [7, 11) is 0. The van der Waals surface area contributed by atoms with Crippen LogP contribution in [0.4, 0.5) is 37.2 Å². The number of benzene rings is 4. The summed E-state index contributed by atoms with van der Waals surface area (Å²) in [6.07, 6.45) is -13.0. The number of carboxylic acid groups (broad SMARTS) is 1. The summed E-state index contributed by atoms with van der Waals surface area (Å²) in [4.78, 5) is 87.4. The topological polar surface area (TPSA) is 238 Å². The average molecular weight is 945 g/mol. The molecule has 5 atom stereocenters. The van der Waals surface area contributed by atoms with Crippen molar-refractivity contribution >= 4 is 47.7 Å². The van der Waals surface area contributed by atoms with Crippen molar-refractivity contribution in [2.75, 3.05) is 18.5 Å². The molecule has 0 unspecified atom stereocenters. The number of hydrogen-bond acceptors (Lipinski definition) is 15. The highest BCUT2D eigenvalue weighted by atomic mass is 19.2. The lowest BCUT2D eigenvalue weighted by atomic mass is 9.97. The van der Waals surface area contributed by atoms with Gasteiger partial charge in [0.05, 0.1) is 5.69 Å². The van der Waals surface area contributed by atoms with E-state index in [1.165, 1.54) is 0 Å². The van der Waals surface area contributed by atoms with E-state index >= 15 is 0 Å². The molecule has 4 aromatic rings. The van der Waals surface area contributed by atoms with E-state index in [0.717, 1.165) is 61.2 Å². The van der Waals surface area contributed by atoms with E-state index < -0.39 is 126 Å². The molecule has 67 heavy (non-hydrogen) atoms. The number of nitrogens with one attached hydrogen (secondary N) is 2. The first kappa shape index (κ1) is 48.6. The fourth-order valence-corrected chi connectivity index (χ4v) is 7.13. The molecule has 0 radical (unpaired) electrons. The molecule has 3 N–H and O–H groups in total. The lowest BCUT2D eigenvalue weighted by Crippen LogP contribution is -2.64. The number of rotatable bonds is 15. The third-order valence-electron chi connectivity index (χ3n) is 9.88. The van der Waals surface area contributed by atoms with Gasteiger partial charge < -0.3 is 53.6 Å². The van der Waals surface area contributed by atoms with Gasteiger partial charge in [0.2, 0.25) is 53.1 Å². The zero-order valence-electron chi connectivity index (χ0n) is 35.1. The third-order valence-corrected chi connectivity index (χ3v) is 9.88. The maximum Gasteiger partial charge on any atom is 0.514 e. The van der Waals surface area contributed by atoms with E-state index in [4.69, 9.17) is 33.2 Å². The molecular formula is C44H37F5N2O16. The molecule has 18 nitrogen and oxygen atoms in total. The lowest BCUT2D eigenvalue weighted by Gasteiger charge is -2.42.